The van der Waals surface area contributed by atoms with Crippen molar-refractivity contribution in [2.75, 3.05) is 35.3 Å². The van der Waals surface area contributed by atoms with Gasteiger partial charge in [0.25, 0.3) is 0 Å². The van der Waals surface area contributed by atoms with E-state index in [9.17, 15) is 19.8 Å². The number of aliphatic hydroxyl groups excluding tert-OH is 1. The van der Waals surface area contributed by atoms with E-state index in [2.05, 4.69) is 72.8 Å². The number of aliphatic hydroxyl groups is 2. The number of likely N-dealkylation sites (N-methyl/N-ethyl adjacent to an activating group) is 2. The molecule has 5 heterocycles. The summed E-state index contributed by atoms with van der Waals surface area (Å²) in [6.07, 6.45) is -0.0118. The van der Waals surface area contributed by atoms with Crippen molar-refractivity contribution < 1.29 is 71.6 Å². The number of esters is 2. The summed E-state index contributed by atoms with van der Waals surface area (Å²) in [5.41, 5.74) is -1.48. The Morgan fingerprint density at radius 3 is 2.10 bits per heavy atom. The zero-order chi connectivity index (χ0) is 51.3. The summed E-state index contributed by atoms with van der Waals surface area (Å²) in [4.78, 5) is 31.2. The number of methoxy groups -OCH3 is 1. The van der Waals surface area contributed by atoms with E-state index in [1.165, 1.54) is 6.92 Å². The standard InChI is InChI=1S/C51H90N2O15Si/c1-29-25-35-26-41(68-69(16,17)50(7,8)9)65-38(27-39(55)59-30(2)21-19-18-20-22-37(29)64-40-24-23-36(52(11)12)31(3)60-40)46(58-15)45(35)67-49-47(63-34(6)54)43(53(13)14)44(32(4)62-49)66-42-28-51(10,57)48(56)33(5)61-42/h18-20,22,29-33,35-38,40-49,56-57H,21,23-28H2,1-17H3/b19-18+,22-20+/t29-,30-,31?,32?,33?,35-,36+,37+,38-,40+,41?,42+,43?,44-,45+,46+,47?,48+,49+,51?/m1/s1. The van der Waals surface area contributed by atoms with Crippen LogP contribution in [0.2, 0.25) is 18.1 Å². The highest BCUT2D eigenvalue weighted by Crippen LogP contribution is 2.44. The smallest absolute Gasteiger partial charge is 0.308 e. The quantitative estimate of drug-likeness (QED) is 0.169. The van der Waals surface area contributed by atoms with Gasteiger partial charge in [0.1, 0.15) is 30.7 Å². The van der Waals surface area contributed by atoms with E-state index in [1.54, 1.807) is 21.0 Å². The van der Waals surface area contributed by atoms with Crippen LogP contribution in [0.3, 0.4) is 0 Å². The van der Waals surface area contributed by atoms with Crippen LogP contribution in [-0.4, -0.2) is 186 Å². The molecule has 20 atom stereocenters. The van der Waals surface area contributed by atoms with Gasteiger partial charge in [-0.3, -0.25) is 9.59 Å². The van der Waals surface area contributed by atoms with Gasteiger partial charge in [0.2, 0.25) is 0 Å². The van der Waals surface area contributed by atoms with Crippen molar-refractivity contribution in [3.63, 3.8) is 0 Å². The van der Waals surface area contributed by atoms with Crippen LogP contribution in [0.25, 0.3) is 0 Å². The van der Waals surface area contributed by atoms with Crippen LogP contribution in [0, 0.1) is 11.8 Å². The molecule has 4 fully saturated rings. The number of allylic oxidation sites excluding steroid dienone is 2. The van der Waals surface area contributed by atoms with Crippen molar-refractivity contribution >= 4 is 20.3 Å². The maximum absolute atomic E-state index is 13.9. The summed E-state index contributed by atoms with van der Waals surface area (Å²) < 4.78 is 73.0. The molecule has 0 aliphatic carbocycles. The first-order valence-corrected chi connectivity index (χ1v) is 28.2. The molecule has 17 nitrogen and oxygen atoms in total. The van der Waals surface area contributed by atoms with Gasteiger partial charge in [-0.25, -0.2) is 0 Å². The van der Waals surface area contributed by atoms with Crippen LogP contribution in [0.15, 0.2) is 24.3 Å². The monoisotopic (exact) mass is 999 g/mol. The minimum atomic E-state index is -2.49. The van der Waals surface area contributed by atoms with Gasteiger partial charge in [-0.2, -0.15) is 0 Å². The molecule has 398 valence electrons. The predicted molar refractivity (Wildman–Crippen MR) is 261 cm³/mol. The van der Waals surface area contributed by atoms with Gasteiger partial charge in [0.05, 0.1) is 54.7 Å². The van der Waals surface area contributed by atoms with Gasteiger partial charge in [0, 0.05) is 39.3 Å². The highest BCUT2D eigenvalue weighted by molar-refractivity contribution is 6.74. The van der Waals surface area contributed by atoms with E-state index in [-0.39, 0.29) is 48.0 Å². The average Bonchev–Trinajstić information content (AvgIpc) is 3.34. The third kappa shape index (κ3) is 15.1. The summed E-state index contributed by atoms with van der Waals surface area (Å²) in [5.74, 6) is -1.49. The van der Waals surface area contributed by atoms with Crippen LogP contribution in [0.5, 0.6) is 0 Å². The largest absolute Gasteiger partial charge is 0.462 e. The van der Waals surface area contributed by atoms with E-state index in [1.807, 2.05) is 51.1 Å². The van der Waals surface area contributed by atoms with Crippen molar-refractivity contribution in [3.05, 3.63) is 24.3 Å². The van der Waals surface area contributed by atoms with Crippen molar-refractivity contribution in [2.45, 2.75) is 242 Å². The first-order valence-electron chi connectivity index (χ1n) is 25.3. The molecule has 5 aliphatic heterocycles. The van der Waals surface area contributed by atoms with Crippen LogP contribution in [-0.2, 0) is 61.4 Å². The Bertz CT molecular complexity index is 1710. The molecule has 69 heavy (non-hydrogen) atoms. The van der Waals surface area contributed by atoms with E-state index in [0.29, 0.717) is 19.3 Å². The lowest BCUT2D eigenvalue weighted by atomic mass is 9.82. The second-order valence-electron chi connectivity index (χ2n) is 22.6. The van der Waals surface area contributed by atoms with Gasteiger partial charge in [-0.15, -0.1) is 0 Å². The third-order valence-electron chi connectivity index (χ3n) is 15.3. The molecule has 7 unspecified atom stereocenters. The van der Waals surface area contributed by atoms with Crippen LogP contribution >= 0.6 is 0 Å². The lowest BCUT2D eigenvalue weighted by Crippen LogP contribution is -2.66. The second kappa shape index (κ2) is 24.4. The Hall–Kier alpha value is -1.88. The fourth-order valence-corrected chi connectivity index (χ4v) is 11.6. The number of ether oxygens (including phenoxy) is 10. The number of cyclic esters (lactones) is 1. The first-order chi connectivity index (χ1) is 32.1. The molecular formula is C51H90N2O15Si. The Kier molecular flexibility index (Phi) is 20.5. The molecule has 5 aliphatic rings. The average molecular weight is 999 g/mol. The van der Waals surface area contributed by atoms with Gasteiger partial charge < -0.3 is 71.8 Å². The summed E-state index contributed by atoms with van der Waals surface area (Å²) in [6.45, 7) is 23.4. The maximum Gasteiger partial charge on any atom is 0.308 e. The summed E-state index contributed by atoms with van der Waals surface area (Å²) >= 11 is 0. The van der Waals surface area contributed by atoms with E-state index < -0.39 is 112 Å². The molecule has 0 aromatic heterocycles. The third-order valence-corrected chi connectivity index (χ3v) is 19.8. The SMILES string of the molecule is CO[C@@H]1[C@@H](O[C@@H]2OC(C)[C@@H](O[C@H]3CC(C)(O)[C@@H](O)C(C)O3)C(N(C)C)C2OC(C)=O)[C@H]2CC(O[Si](C)(C)C(C)(C)C)O[C@@H]1CC(=O)O[C@H](C)C/C=C/C=C/[C@H](O[C@H]1CC[C@H](N(C)C)C(C)O1)[C@H](C)C2. The van der Waals surface area contributed by atoms with E-state index in [4.69, 9.17) is 51.8 Å². The van der Waals surface area contributed by atoms with Crippen molar-refractivity contribution in [2.24, 2.45) is 11.8 Å². The number of hydrogen-bond donors (Lipinski definition) is 2. The Morgan fingerprint density at radius 2 is 1.51 bits per heavy atom. The lowest BCUT2D eigenvalue weighted by molar-refractivity contribution is -0.344. The predicted octanol–water partition coefficient (Wildman–Crippen LogP) is 6.08. The molecule has 0 aromatic rings. The fourth-order valence-electron chi connectivity index (χ4n) is 10.5. The molecule has 2 N–H and O–H groups in total. The van der Waals surface area contributed by atoms with Gasteiger partial charge in [-0.1, -0.05) is 52.0 Å². The lowest BCUT2D eigenvalue weighted by Gasteiger charge is -2.50. The minimum absolute atomic E-state index is 0.00308. The van der Waals surface area contributed by atoms with Crippen molar-refractivity contribution in [1.82, 2.24) is 9.80 Å². The topological polar surface area (TPSA) is 183 Å². The minimum Gasteiger partial charge on any atom is -0.462 e. The zero-order valence-electron chi connectivity index (χ0n) is 44.8. The molecular weight excluding hydrogens is 909 g/mol. The Labute approximate surface area is 414 Å². The molecule has 0 spiro atoms. The molecule has 0 saturated carbocycles. The van der Waals surface area contributed by atoms with Crippen molar-refractivity contribution in [3.8, 4) is 0 Å². The molecule has 2 bridgehead atoms. The molecule has 18 heteroatoms. The highest BCUT2D eigenvalue weighted by atomic mass is 28.4. The van der Waals surface area contributed by atoms with Gasteiger partial charge in [-0.05, 0) is 112 Å². The highest BCUT2D eigenvalue weighted by Gasteiger charge is 2.55. The summed E-state index contributed by atoms with van der Waals surface area (Å²) in [7, 11) is 6.97. The van der Waals surface area contributed by atoms with E-state index in [0.717, 1.165) is 12.8 Å². The maximum atomic E-state index is 13.9. The Morgan fingerprint density at radius 1 is 0.826 bits per heavy atom. The van der Waals surface area contributed by atoms with Gasteiger partial charge >= 0.3 is 11.9 Å². The number of carbonyl (C=O) groups is 2. The second-order valence-corrected chi connectivity index (χ2v) is 27.4. The van der Waals surface area contributed by atoms with Crippen LogP contribution in [0.4, 0.5) is 0 Å². The molecule has 0 amide bonds. The zero-order valence-corrected chi connectivity index (χ0v) is 45.8. The van der Waals surface area contributed by atoms with E-state index >= 15 is 0 Å². The number of hydrogen-bond acceptors (Lipinski definition) is 17. The van der Waals surface area contributed by atoms with Crippen LogP contribution in [0.1, 0.15) is 114 Å². The molecule has 4 saturated heterocycles. The number of carbonyl (C=O) groups excluding carboxylic acids is 2. The molecule has 5 rings (SSSR count). The summed E-state index contributed by atoms with van der Waals surface area (Å²) in [6, 6.07) is -0.370. The fraction of sp³-hybridized carbons (Fsp3) is 0.882. The van der Waals surface area contributed by atoms with Gasteiger partial charge in [0.15, 0.2) is 33.3 Å². The number of fused-ring (bicyclic) bond motifs is 3. The van der Waals surface area contributed by atoms with Crippen molar-refractivity contribution in [1.29, 1.82) is 0 Å². The first kappa shape index (κ1) is 58.0. The van der Waals surface area contributed by atoms with Crippen LogP contribution < -0.4 is 0 Å². The molecule has 0 radical (unpaired) electrons. The number of nitrogens with zero attached hydrogens (tertiary/aromatic N) is 2. The summed E-state index contributed by atoms with van der Waals surface area (Å²) in [5, 5.41) is 21.6. The Balaban J connectivity index is 1.59. The number of rotatable bonds is 12. The normalized spacial score (nSPS) is 43.3. The molecule has 0 aromatic carbocycles.